The zero-order valence-corrected chi connectivity index (χ0v) is 10.9. The van der Waals surface area contributed by atoms with Crippen molar-refractivity contribution in [2.24, 2.45) is 0 Å². The Bertz CT molecular complexity index is 96.0. The van der Waals surface area contributed by atoms with Gasteiger partial charge in [-0.05, 0) is 0 Å². The summed E-state index contributed by atoms with van der Waals surface area (Å²) in [6.07, 6.45) is 2.24. The van der Waals surface area contributed by atoms with E-state index in [0.717, 1.165) is 11.8 Å². The van der Waals surface area contributed by atoms with E-state index in [1.807, 2.05) is 0 Å². The minimum atomic E-state index is -4.64. The third-order valence-corrected chi connectivity index (χ3v) is 0.944. The van der Waals surface area contributed by atoms with E-state index >= 15 is 0 Å². The average molecular weight is 257 g/mol. The fourth-order valence-corrected chi connectivity index (χ4v) is 0.491. The van der Waals surface area contributed by atoms with Gasteiger partial charge in [-0.3, -0.25) is 0 Å². The van der Waals surface area contributed by atoms with Gasteiger partial charge in [0, 0.05) is 5.33 Å². The minimum absolute atomic E-state index is 0. The van der Waals surface area contributed by atoms with Crippen LogP contribution in [0.2, 0.25) is 0 Å². The third-order valence-electron chi connectivity index (χ3n) is 0.384. The molecule has 64 valence electrons. The zero-order valence-electron chi connectivity index (χ0n) is 6.40. The van der Waals surface area contributed by atoms with E-state index in [0.29, 0.717) is 0 Å². The van der Waals surface area contributed by atoms with Gasteiger partial charge in [-0.25, -0.2) is 4.57 Å². The zero-order chi connectivity index (χ0) is 8.62. The maximum Gasteiger partial charge on any atom is 1.00 e. The standard InChI is InChI=1S/C4H8Br.Na.H3O4P/c1-2-3-4-5;;1-5(2,3)4/h1-4H2;;(H3,1,2,3,4)/q-1;+1;. The number of rotatable bonds is 2. The Morgan fingerprint density at radius 1 is 1.36 bits per heavy atom. The summed E-state index contributed by atoms with van der Waals surface area (Å²) in [5.74, 6) is 0. The summed E-state index contributed by atoms with van der Waals surface area (Å²) in [7, 11) is -4.64. The van der Waals surface area contributed by atoms with Crippen LogP contribution in [0, 0.1) is 6.92 Å². The molecule has 3 N–H and O–H groups in total. The fourth-order valence-electron chi connectivity index (χ4n) is 0.0945. The Labute approximate surface area is 97.1 Å². The van der Waals surface area contributed by atoms with Crippen LogP contribution in [-0.2, 0) is 4.57 Å². The van der Waals surface area contributed by atoms with Gasteiger partial charge < -0.3 is 21.6 Å². The largest absolute Gasteiger partial charge is 1.00 e. The minimum Gasteiger partial charge on any atom is -0.343 e. The topological polar surface area (TPSA) is 77.8 Å². The maximum atomic E-state index is 8.88. The summed E-state index contributed by atoms with van der Waals surface area (Å²) in [5, 5.41) is 1.09. The van der Waals surface area contributed by atoms with E-state index in [2.05, 4.69) is 22.9 Å². The van der Waals surface area contributed by atoms with Crippen LogP contribution in [0.3, 0.4) is 0 Å². The van der Waals surface area contributed by atoms with Crippen molar-refractivity contribution in [1.82, 2.24) is 0 Å². The van der Waals surface area contributed by atoms with Crippen LogP contribution in [0.1, 0.15) is 12.8 Å². The first-order valence-corrected chi connectivity index (χ1v) is 5.24. The van der Waals surface area contributed by atoms with Gasteiger partial charge in [0.1, 0.15) is 0 Å². The van der Waals surface area contributed by atoms with Gasteiger partial charge in [-0.15, -0.1) is 0 Å². The van der Waals surface area contributed by atoms with E-state index < -0.39 is 7.82 Å². The van der Waals surface area contributed by atoms with Gasteiger partial charge in [0.05, 0.1) is 0 Å². The Morgan fingerprint density at radius 3 is 1.64 bits per heavy atom. The van der Waals surface area contributed by atoms with Crippen LogP contribution in [0.25, 0.3) is 0 Å². The molecule has 0 aliphatic heterocycles. The van der Waals surface area contributed by atoms with Crippen LogP contribution in [0.15, 0.2) is 0 Å². The molecule has 0 aromatic rings. The summed E-state index contributed by atoms with van der Waals surface area (Å²) >= 11 is 3.27. The number of halogens is 1. The number of unbranched alkanes of at least 4 members (excludes halogenated alkanes) is 1. The summed E-state index contributed by atoms with van der Waals surface area (Å²) in [6, 6.07) is 0. The van der Waals surface area contributed by atoms with Crippen LogP contribution in [0.5, 0.6) is 0 Å². The molecule has 0 heterocycles. The van der Waals surface area contributed by atoms with Crippen molar-refractivity contribution in [2.45, 2.75) is 12.8 Å². The van der Waals surface area contributed by atoms with Crippen LogP contribution < -0.4 is 29.6 Å². The molecule has 4 nitrogen and oxygen atoms in total. The summed E-state index contributed by atoms with van der Waals surface area (Å²) in [4.78, 5) is 21.6. The Kier molecular flexibility index (Phi) is 19.4. The molecule has 0 saturated carbocycles. The van der Waals surface area contributed by atoms with Gasteiger partial charge in [0.2, 0.25) is 0 Å². The van der Waals surface area contributed by atoms with Crippen molar-refractivity contribution in [3.63, 3.8) is 0 Å². The molecule has 0 bridgehead atoms. The number of phosphoric acid groups is 1. The summed E-state index contributed by atoms with van der Waals surface area (Å²) in [5.41, 5.74) is 0. The van der Waals surface area contributed by atoms with Gasteiger partial charge >= 0.3 is 37.4 Å². The molecule has 0 saturated heterocycles. The molecule has 0 aliphatic rings. The molecule has 11 heavy (non-hydrogen) atoms. The third kappa shape index (κ3) is 82.7. The first-order chi connectivity index (χ1) is 4.41. The van der Waals surface area contributed by atoms with Crippen molar-refractivity contribution < 1.29 is 48.8 Å². The Balaban J connectivity index is -0.000000107. The van der Waals surface area contributed by atoms with Crippen molar-refractivity contribution >= 4 is 23.8 Å². The molecule has 0 unspecified atom stereocenters. The van der Waals surface area contributed by atoms with E-state index in [-0.39, 0.29) is 29.6 Å². The molecule has 0 atom stereocenters. The van der Waals surface area contributed by atoms with Crippen molar-refractivity contribution in [3.05, 3.63) is 6.92 Å². The van der Waals surface area contributed by atoms with Gasteiger partial charge in [-0.2, -0.15) is 6.42 Å². The second-order valence-corrected chi connectivity index (χ2v) is 3.23. The molecule has 0 fully saturated rings. The summed E-state index contributed by atoms with van der Waals surface area (Å²) in [6.45, 7) is 3.65. The Hall–Kier alpha value is 1.59. The monoisotopic (exact) mass is 256 g/mol. The molecule has 0 aliphatic carbocycles. The maximum absolute atomic E-state index is 8.88. The molecule has 0 spiro atoms. The number of hydrogen-bond donors (Lipinski definition) is 3. The SMILES string of the molecule is O=P(O)(O)O.[CH2-]CCCBr.[Na+]. The van der Waals surface area contributed by atoms with E-state index in [1.54, 1.807) is 0 Å². The second-order valence-electron chi connectivity index (χ2n) is 1.41. The predicted molar refractivity (Wildman–Crippen MR) is 42.6 cm³/mol. The molecule has 7 heteroatoms. The van der Waals surface area contributed by atoms with Crippen LogP contribution in [-0.4, -0.2) is 20.0 Å². The number of hydrogen-bond acceptors (Lipinski definition) is 1. The quantitative estimate of drug-likeness (QED) is 0.233. The van der Waals surface area contributed by atoms with E-state index in [9.17, 15) is 0 Å². The van der Waals surface area contributed by atoms with Crippen LogP contribution >= 0.6 is 23.8 Å². The molecule has 0 rings (SSSR count). The van der Waals surface area contributed by atoms with Gasteiger partial charge in [-0.1, -0.05) is 22.4 Å². The first kappa shape index (κ1) is 18.4. The van der Waals surface area contributed by atoms with Crippen molar-refractivity contribution in [3.8, 4) is 0 Å². The molecular formula is C4H11BrNaO4P. The van der Waals surface area contributed by atoms with Crippen molar-refractivity contribution in [1.29, 1.82) is 0 Å². The second kappa shape index (κ2) is 11.6. The average Bonchev–Trinajstić information content (AvgIpc) is 1.63. The number of alkyl halides is 1. The Morgan fingerprint density at radius 2 is 1.64 bits per heavy atom. The normalized spacial score (nSPS) is 9.18. The smallest absolute Gasteiger partial charge is 0.343 e. The predicted octanol–water partition coefficient (Wildman–Crippen LogP) is -1.93. The van der Waals surface area contributed by atoms with Crippen molar-refractivity contribution in [2.75, 3.05) is 5.33 Å². The molecule has 0 amide bonds. The first-order valence-electron chi connectivity index (χ1n) is 2.55. The molecule has 0 aromatic heterocycles. The molecule has 0 aromatic carbocycles. The van der Waals surface area contributed by atoms with Gasteiger partial charge in [0.15, 0.2) is 0 Å². The molecular weight excluding hydrogens is 246 g/mol. The fraction of sp³-hybridized carbons (Fsp3) is 0.750. The van der Waals surface area contributed by atoms with E-state index in [4.69, 9.17) is 19.2 Å². The van der Waals surface area contributed by atoms with Gasteiger partial charge in [0.25, 0.3) is 0 Å². The van der Waals surface area contributed by atoms with Crippen LogP contribution in [0.4, 0.5) is 0 Å². The van der Waals surface area contributed by atoms with E-state index in [1.165, 1.54) is 6.42 Å². The summed E-state index contributed by atoms with van der Waals surface area (Å²) < 4.78 is 8.88. The molecule has 0 radical (unpaired) electrons.